The maximum absolute atomic E-state index is 13.0. The van der Waals surface area contributed by atoms with E-state index >= 15 is 0 Å². The first-order chi connectivity index (χ1) is 14.8. The highest BCUT2D eigenvalue weighted by molar-refractivity contribution is 7.89. The number of aryl methyl sites for hydroxylation is 2. The van der Waals surface area contributed by atoms with E-state index in [2.05, 4.69) is 28.8 Å². The molecule has 0 atom stereocenters. The first-order valence-electron chi connectivity index (χ1n) is 10.0. The summed E-state index contributed by atoms with van der Waals surface area (Å²) in [5.41, 5.74) is 3.57. The number of nitrogens with zero attached hydrogens (tertiary/aromatic N) is 2. The highest BCUT2D eigenvalue weighted by Gasteiger charge is 2.30. The molecule has 4 rings (SSSR count). The van der Waals surface area contributed by atoms with Crippen LogP contribution in [-0.2, 0) is 14.8 Å². The number of carbonyl (C=O) groups is 1. The second-order valence-electron chi connectivity index (χ2n) is 7.59. The van der Waals surface area contributed by atoms with Gasteiger partial charge in [0.25, 0.3) is 5.19 Å². The van der Waals surface area contributed by atoms with Crippen molar-refractivity contribution in [2.45, 2.75) is 37.7 Å². The molecule has 1 fully saturated rings. The molecule has 0 amide bonds. The number of ether oxygens (including phenoxy) is 2. The Labute approximate surface area is 185 Å². The number of hydrogen-bond acceptors (Lipinski definition) is 7. The molecule has 2 aromatic carbocycles. The van der Waals surface area contributed by atoms with E-state index in [1.54, 1.807) is 0 Å². The number of hydrogen-bond donors (Lipinski definition) is 0. The summed E-state index contributed by atoms with van der Waals surface area (Å²) in [6, 6.07) is 9.95. The molecule has 31 heavy (non-hydrogen) atoms. The van der Waals surface area contributed by atoms with Crippen LogP contribution in [0.2, 0.25) is 0 Å². The molecule has 0 bridgehead atoms. The van der Waals surface area contributed by atoms with Gasteiger partial charge >= 0.3 is 5.97 Å². The molecule has 9 heteroatoms. The molecule has 0 saturated carbocycles. The molecule has 0 N–H and O–H groups in total. The van der Waals surface area contributed by atoms with Crippen molar-refractivity contribution in [2.24, 2.45) is 0 Å². The van der Waals surface area contributed by atoms with Crippen LogP contribution in [0.4, 0.5) is 0 Å². The van der Waals surface area contributed by atoms with Gasteiger partial charge in [0.1, 0.15) is 6.10 Å². The molecule has 0 radical (unpaired) electrons. The fourth-order valence-electron chi connectivity index (χ4n) is 3.65. The lowest BCUT2D eigenvalue weighted by molar-refractivity contribution is 0.0600. The van der Waals surface area contributed by atoms with Gasteiger partial charge in [0.2, 0.25) is 10.0 Å². The predicted octanol–water partition coefficient (Wildman–Crippen LogP) is 3.93. The quantitative estimate of drug-likeness (QED) is 0.536. The van der Waals surface area contributed by atoms with Crippen LogP contribution in [0.3, 0.4) is 0 Å². The lowest BCUT2D eigenvalue weighted by Gasteiger charge is -2.30. The van der Waals surface area contributed by atoms with Crippen molar-refractivity contribution in [3.63, 3.8) is 0 Å². The Morgan fingerprint density at radius 3 is 2.32 bits per heavy atom. The smallest absolute Gasteiger partial charge is 0.337 e. The molecule has 164 valence electrons. The second kappa shape index (κ2) is 8.57. The van der Waals surface area contributed by atoms with E-state index < -0.39 is 16.0 Å². The highest BCUT2D eigenvalue weighted by Crippen LogP contribution is 2.34. The number of rotatable bonds is 5. The van der Waals surface area contributed by atoms with E-state index in [4.69, 9.17) is 4.74 Å². The number of thiazole rings is 1. The number of methoxy groups -OCH3 is 1. The number of aromatic nitrogens is 1. The minimum absolute atomic E-state index is 0.0747. The SMILES string of the molecule is COC(=O)c1ccc(S(=O)(=O)N2CCC(Oc3nc4c(C)ccc(C)c4s3)CC2)cc1. The fraction of sp³-hybridized carbons (Fsp3) is 0.364. The maximum atomic E-state index is 13.0. The molecule has 1 aromatic heterocycles. The predicted molar refractivity (Wildman–Crippen MR) is 119 cm³/mol. The third-order valence-corrected chi connectivity index (χ3v) is 8.50. The van der Waals surface area contributed by atoms with Crippen LogP contribution in [0.25, 0.3) is 10.2 Å². The summed E-state index contributed by atoms with van der Waals surface area (Å²) >= 11 is 1.54. The minimum atomic E-state index is -3.63. The van der Waals surface area contributed by atoms with Crippen LogP contribution >= 0.6 is 11.3 Å². The van der Waals surface area contributed by atoms with Crippen LogP contribution in [0, 0.1) is 13.8 Å². The Bertz CT molecular complexity index is 1170. The van der Waals surface area contributed by atoms with Gasteiger partial charge in [-0.3, -0.25) is 0 Å². The van der Waals surface area contributed by atoms with Crippen LogP contribution in [0.5, 0.6) is 5.19 Å². The summed E-state index contributed by atoms with van der Waals surface area (Å²) in [5, 5.41) is 0.632. The summed E-state index contributed by atoms with van der Waals surface area (Å²) < 4.78 is 39.3. The number of carbonyl (C=O) groups excluding carboxylic acids is 1. The van der Waals surface area contributed by atoms with Gasteiger partial charge < -0.3 is 9.47 Å². The Balaban J connectivity index is 1.42. The van der Waals surface area contributed by atoms with Gasteiger partial charge in [-0.25, -0.2) is 18.2 Å². The van der Waals surface area contributed by atoms with Gasteiger partial charge in [-0.15, -0.1) is 0 Å². The molecular weight excluding hydrogens is 436 g/mol. The normalized spacial score (nSPS) is 15.8. The molecule has 2 heterocycles. The van der Waals surface area contributed by atoms with Crippen LogP contribution < -0.4 is 4.74 Å². The monoisotopic (exact) mass is 460 g/mol. The standard InChI is InChI=1S/C22H24N2O5S2/c1-14-4-5-15(2)20-19(14)23-22(30-20)29-17-10-12-24(13-11-17)31(26,27)18-8-6-16(7-9-18)21(25)28-3/h4-9,17H,10-13H2,1-3H3. The Hall–Kier alpha value is -2.49. The molecule has 3 aromatic rings. The largest absolute Gasteiger partial charge is 0.467 e. The van der Waals surface area contributed by atoms with Crippen LogP contribution in [0.1, 0.15) is 34.3 Å². The molecule has 0 unspecified atom stereocenters. The lowest BCUT2D eigenvalue weighted by atomic mass is 10.1. The van der Waals surface area contributed by atoms with E-state index in [-0.39, 0.29) is 11.0 Å². The molecule has 0 aliphatic carbocycles. The van der Waals surface area contributed by atoms with Crippen molar-refractivity contribution in [2.75, 3.05) is 20.2 Å². The van der Waals surface area contributed by atoms with E-state index in [1.807, 2.05) is 6.92 Å². The van der Waals surface area contributed by atoms with Crippen molar-refractivity contribution in [3.8, 4) is 5.19 Å². The molecule has 0 spiro atoms. The van der Waals surface area contributed by atoms with Crippen molar-refractivity contribution < 1.29 is 22.7 Å². The van der Waals surface area contributed by atoms with Crippen molar-refractivity contribution in [1.82, 2.24) is 9.29 Å². The highest BCUT2D eigenvalue weighted by atomic mass is 32.2. The molecule has 1 aliphatic heterocycles. The Morgan fingerprint density at radius 2 is 1.71 bits per heavy atom. The summed E-state index contributed by atoms with van der Waals surface area (Å²) in [4.78, 5) is 16.4. The lowest BCUT2D eigenvalue weighted by Crippen LogP contribution is -2.41. The van der Waals surface area contributed by atoms with Gasteiger partial charge in [0.15, 0.2) is 0 Å². The first-order valence-corrected chi connectivity index (χ1v) is 12.3. The third kappa shape index (κ3) is 4.30. The zero-order valence-electron chi connectivity index (χ0n) is 17.6. The maximum Gasteiger partial charge on any atom is 0.337 e. The molecule has 1 aliphatic rings. The van der Waals surface area contributed by atoms with Crippen molar-refractivity contribution in [1.29, 1.82) is 0 Å². The number of esters is 1. The summed E-state index contributed by atoms with van der Waals surface area (Å²) in [6.45, 7) is 4.83. The van der Waals surface area contributed by atoms with E-state index in [0.29, 0.717) is 36.7 Å². The summed E-state index contributed by atoms with van der Waals surface area (Å²) in [7, 11) is -2.34. The number of sulfonamides is 1. The van der Waals surface area contributed by atoms with Gasteiger partial charge in [0, 0.05) is 13.1 Å². The number of benzene rings is 2. The topological polar surface area (TPSA) is 85.8 Å². The average Bonchev–Trinajstić information content (AvgIpc) is 3.21. The fourth-order valence-corrected chi connectivity index (χ4v) is 6.15. The zero-order valence-corrected chi connectivity index (χ0v) is 19.3. The van der Waals surface area contributed by atoms with Crippen molar-refractivity contribution in [3.05, 3.63) is 53.1 Å². The molecular formula is C22H24N2O5S2. The van der Waals surface area contributed by atoms with Crippen LogP contribution in [-0.4, -0.2) is 50.0 Å². The third-order valence-electron chi connectivity index (χ3n) is 5.50. The Kier molecular flexibility index (Phi) is 6.00. The minimum Gasteiger partial charge on any atom is -0.467 e. The molecule has 7 nitrogen and oxygen atoms in total. The van der Waals surface area contributed by atoms with Crippen LogP contribution in [0.15, 0.2) is 41.3 Å². The summed E-state index contributed by atoms with van der Waals surface area (Å²) in [6.07, 6.45) is 1.11. The average molecular weight is 461 g/mol. The number of fused-ring (bicyclic) bond motifs is 1. The van der Waals surface area contributed by atoms with Gasteiger partial charge in [0.05, 0.1) is 27.8 Å². The number of piperidine rings is 1. The first kappa shape index (κ1) is 21.7. The second-order valence-corrected chi connectivity index (χ2v) is 10.5. The zero-order chi connectivity index (χ0) is 22.2. The Morgan fingerprint density at radius 1 is 1.06 bits per heavy atom. The van der Waals surface area contributed by atoms with Crippen molar-refractivity contribution >= 4 is 37.5 Å². The summed E-state index contributed by atoms with van der Waals surface area (Å²) in [5.74, 6) is -0.498. The van der Waals surface area contributed by atoms with E-state index in [0.717, 1.165) is 15.8 Å². The molecule has 1 saturated heterocycles. The van der Waals surface area contributed by atoms with Gasteiger partial charge in [-0.05, 0) is 62.1 Å². The van der Waals surface area contributed by atoms with Gasteiger partial charge in [-0.1, -0.05) is 23.5 Å². The van der Waals surface area contributed by atoms with E-state index in [9.17, 15) is 13.2 Å². The van der Waals surface area contributed by atoms with Gasteiger partial charge in [-0.2, -0.15) is 4.31 Å². The van der Waals surface area contributed by atoms with E-state index in [1.165, 1.54) is 52.6 Å².